The molecule has 6 heteroatoms. The summed E-state index contributed by atoms with van der Waals surface area (Å²) in [5.41, 5.74) is 10.1. The minimum atomic E-state index is -0.104. The second-order valence-electron chi connectivity index (χ2n) is 5.21. The number of nitrogens with one attached hydrogen (secondary N) is 2. The molecule has 0 aliphatic rings. The highest BCUT2D eigenvalue weighted by atomic mass is 35.5. The zero-order valence-electron chi connectivity index (χ0n) is 12.5. The number of hydrogen-bond acceptors (Lipinski definition) is 3. The van der Waals surface area contributed by atoms with E-state index < -0.39 is 0 Å². The standard InChI is InChI=1S/C17H17ClN4O/c18-8-7-16(23)20-13-5-6-14-15(9-13)22-17(21-14)12-3-1-11(10-19)2-4-12/h1-6,9H,7-8,10,19H2,(H,20,23)(H,21,22). The van der Waals surface area contributed by atoms with Crippen LogP contribution in [0, 0.1) is 0 Å². The first-order chi connectivity index (χ1) is 11.2. The molecule has 1 heterocycles. The Morgan fingerprint density at radius 3 is 2.70 bits per heavy atom. The van der Waals surface area contributed by atoms with Crippen molar-refractivity contribution in [3.63, 3.8) is 0 Å². The molecule has 1 aromatic heterocycles. The van der Waals surface area contributed by atoms with Crippen LogP contribution in [0.4, 0.5) is 5.69 Å². The maximum Gasteiger partial charge on any atom is 0.225 e. The zero-order valence-corrected chi connectivity index (χ0v) is 13.2. The van der Waals surface area contributed by atoms with Crippen molar-refractivity contribution < 1.29 is 4.79 Å². The number of halogens is 1. The molecule has 0 aliphatic heterocycles. The summed E-state index contributed by atoms with van der Waals surface area (Å²) in [6.45, 7) is 0.520. The summed E-state index contributed by atoms with van der Waals surface area (Å²) in [6, 6.07) is 13.5. The van der Waals surface area contributed by atoms with Gasteiger partial charge in [-0.3, -0.25) is 4.79 Å². The van der Waals surface area contributed by atoms with Gasteiger partial charge in [0.25, 0.3) is 0 Å². The van der Waals surface area contributed by atoms with Crippen molar-refractivity contribution in [3.05, 3.63) is 48.0 Å². The summed E-state index contributed by atoms with van der Waals surface area (Å²) in [5.74, 6) is 0.986. The van der Waals surface area contributed by atoms with Crippen LogP contribution >= 0.6 is 11.6 Å². The van der Waals surface area contributed by atoms with E-state index >= 15 is 0 Å². The highest BCUT2D eigenvalue weighted by Crippen LogP contribution is 2.23. The fourth-order valence-corrected chi connectivity index (χ4v) is 2.50. The summed E-state index contributed by atoms with van der Waals surface area (Å²) in [7, 11) is 0. The van der Waals surface area contributed by atoms with Gasteiger partial charge in [-0.25, -0.2) is 4.98 Å². The molecule has 2 aromatic carbocycles. The van der Waals surface area contributed by atoms with E-state index in [-0.39, 0.29) is 5.91 Å². The average molecular weight is 329 g/mol. The van der Waals surface area contributed by atoms with E-state index in [0.29, 0.717) is 24.5 Å². The van der Waals surface area contributed by atoms with E-state index in [1.165, 1.54) is 0 Å². The van der Waals surface area contributed by atoms with Gasteiger partial charge in [0.2, 0.25) is 5.91 Å². The predicted octanol–water partition coefficient (Wildman–Crippen LogP) is 3.26. The number of fused-ring (bicyclic) bond motifs is 1. The summed E-state index contributed by atoms with van der Waals surface area (Å²) < 4.78 is 0. The van der Waals surface area contributed by atoms with Crippen LogP contribution in [0.5, 0.6) is 0 Å². The second-order valence-corrected chi connectivity index (χ2v) is 5.58. The van der Waals surface area contributed by atoms with E-state index in [4.69, 9.17) is 17.3 Å². The van der Waals surface area contributed by atoms with Gasteiger partial charge in [0.15, 0.2) is 0 Å². The van der Waals surface area contributed by atoms with Crippen LogP contribution in [0.3, 0.4) is 0 Å². The van der Waals surface area contributed by atoms with Crippen LogP contribution in [-0.2, 0) is 11.3 Å². The van der Waals surface area contributed by atoms with Crippen LogP contribution < -0.4 is 11.1 Å². The second kappa shape index (κ2) is 6.81. The monoisotopic (exact) mass is 328 g/mol. The number of rotatable bonds is 5. The molecule has 0 atom stereocenters. The molecule has 0 bridgehead atoms. The number of imidazole rings is 1. The molecule has 3 rings (SSSR count). The molecule has 0 unspecified atom stereocenters. The molecular formula is C17H17ClN4O. The van der Waals surface area contributed by atoms with E-state index in [1.54, 1.807) is 0 Å². The van der Waals surface area contributed by atoms with Crippen LogP contribution in [0.15, 0.2) is 42.5 Å². The number of aromatic amines is 1. The fraction of sp³-hybridized carbons (Fsp3) is 0.176. The molecule has 0 aliphatic carbocycles. The van der Waals surface area contributed by atoms with Crippen molar-refractivity contribution in [2.45, 2.75) is 13.0 Å². The number of benzene rings is 2. The van der Waals surface area contributed by atoms with Crippen LogP contribution in [0.2, 0.25) is 0 Å². The minimum absolute atomic E-state index is 0.104. The normalized spacial score (nSPS) is 10.9. The number of nitrogens with two attached hydrogens (primary N) is 1. The molecule has 1 amide bonds. The summed E-state index contributed by atoms with van der Waals surface area (Å²) in [5, 5.41) is 2.81. The number of aromatic nitrogens is 2. The smallest absolute Gasteiger partial charge is 0.225 e. The Hall–Kier alpha value is -2.37. The highest BCUT2D eigenvalue weighted by Gasteiger charge is 2.07. The zero-order chi connectivity index (χ0) is 16.2. The van der Waals surface area contributed by atoms with Gasteiger partial charge in [0.1, 0.15) is 5.82 Å². The third kappa shape index (κ3) is 3.52. The molecular weight excluding hydrogens is 312 g/mol. The van der Waals surface area contributed by atoms with Crippen molar-refractivity contribution in [2.24, 2.45) is 5.73 Å². The molecule has 23 heavy (non-hydrogen) atoms. The van der Waals surface area contributed by atoms with E-state index in [0.717, 1.165) is 28.0 Å². The number of alkyl halides is 1. The molecule has 4 N–H and O–H groups in total. The highest BCUT2D eigenvalue weighted by molar-refractivity contribution is 6.19. The Bertz CT molecular complexity index is 826. The van der Waals surface area contributed by atoms with Crippen LogP contribution in [-0.4, -0.2) is 21.8 Å². The number of H-pyrrole nitrogens is 1. The third-order valence-corrected chi connectivity index (χ3v) is 3.74. The Morgan fingerprint density at radius 1 is 1.22 bits per heavy atom. The molecule has 5 nitrogen and oxygen atoms in total. The quantitative estimate of drug-likeness (QED) is 0.628. The number of carbonyl (C=O) groups excluding carboxylic acids is 1. The number of carbonyl (C=O) groups is 1. The lowest BCUT2D eigenvalue weighted by molar-refractivity contribution is -0.115. The van der Waals surface area contributed by atoms with Crippen molar-refractivity contribution in [1.82, 2.24) is 9.97 Å². The lowest BCUT2D eigenvalue weighted by atomic mass is 10.1. The SMILES string of the molecule is NCc1ccc(-c2nc3cc(NC(=O)CCCl)ccc3[nH]2)cc1. The topological polar surface area (TPSA) is 83.8 Å². The van der Waals surface area contributed by atoms with Gasteiger partial charge in [0.05, 0.1) is 11.0 Å². The van der Waals surface area contributed by atoms with Crippen LogP contribution in [0.25, 0.3) is 22.4 Å². The van der Waals surface area contributed by atoms with Crippen molar-refractivity contribution >= 4 is 34.2 Å². The Morgan fingerprint density at radius 2 is 2.00 bits per heavy atom. The van der Waals surface area contributed by atoms with Gasteiger partial charge < -0.3 is 16.0 Å². The van der Waals surface area contributed by atoms with Gasteiger partial charge in [0, 0.05) is 30.1 Å². The molecule has 0 radical (unpaired) electrons. The molecule has 0 spiro atoms. The maximum atomic E-state index is 11.6. The number of amides is 1. The number of anilines is 1. The van der Waals surface area contributed by atoms with Gasteiger partial charge in [-0.15, -0.1) is 11.6 Å². The summed E-state index contributed by atoms with van der Waals surface area (Å²) in [4.78, 5) is 19.5. The van der Waals surface area contributed by atoms with Crippen LogP contribution in [0.1, 0.15) is 12.0 Å². The van der Waals surface area contributed by atoms with E-state index in [1.807, 2.05) is 42.5 Å². The Balaban J connectivity index is 1.87. The minimum Gasteiger partial charge on any atom is -0.338 e. The first-order valence-electron chi connectivity index (χ1n) is 7.34. The van der Waals surface area contributed by atoms with Gasteiger partial charge in [-0.1, -0.05) is 24.3 Å². The summed E-state index contributed by atoms with van der Waals surface area (Å²) in [6.07, 6.45) is 0.291. The Kier molecular flexibility index (Phi) is 4.60. The van der Waals surface area contributed by atoms with Crippen molar-refractivity contribution in [2.75, 3.05) is 11.2 Å². The van der Waals surface area contributed by atoms with Gasteiger partial charge >= 0.3 is 0 Å². The summed E-state index contributed by atoms with van der Waals surface area (Å²) >= 11 is 5.56. The first-order valence-corrected chi connectivity index (χ1v) is 7.88. The van der Waals surface area contributed by atoms with Crippen molar-refractivity contribution in [1.29, 1.82) is 0 Å². The molecule has 0 saturated heterocycles. The number of nitrogens with zero attached hydrogens (tertiary/aromatic N) is 1. The fourth-order valence-electron chi connectivity index (χ4n) is 2.33. The van der Waals surface area contributed by atoms with Crippen molar-refractivity contribution in [3.8, 4) is 11.4 Å². The molecule has 0 fully saturated rings. The maximum absolute atomic E-state index is 11.6. The molecule has 3 aromatic rings. The molecule has 118 valence electrons. The van der Waals surface area contributed by atoms with Gasteiger partial charge in [-0.2, -0.15) is 0 Å². The lowest BCUT2D eigenvalue weighted by Crippen LogP contribution is -2.11. The van der Waals surface area contributed by atoms with E-state index in [2.05, 4.69) is 15.3 Å². The predicted molar refractivity (Wildman–Crippen MR) is 93.4 cm³/mol. The first kappa shape index (κ1) is 15.5. The number of hydrogen-bond donors (Lipinski definition) is 3. The van der Waals surface area contributed by atoms with E-state index in [9.17, 15) is 4.79 Å². The van der Waals surface area contributed by atoms with Gasteiger partial charge in [-0.05, 0) is 23.8 Å². The largest absolute Gasteiger partial charge is 0.338 e. The Labute approximate surface area is 138 Å². The lowest BCUT2D eigenvalue weighted by Gasteiger charge is -2.02. The average Bonchev–Trinajstić information content (AvgIpc) is 2.98. The molecule has 0 saturated carbocycles. The third-order valence-electron chi connectivity index (χ3n) is 3.55.